The van der Waals surface area contributed by atoms with Crippen molar-refractivity contribution >= 4 is 23.0 Å². The summed E-state index contributed by atoms with van der Waals surface area (Å²) in [6.07, 6.45) is 0. The van der Waals surface area contributed by atoms with Crippen LogP contribution >= 0.6 is 12.2 Å². The van der Waals surface area contributed by atoms with Crippen molar-refractivity contribution in [2.45, 2.75) is 0 Å². The van der Waals surface area contributed by atoms with Crippen LogP contribution in [0.3, 0.4) is 0 Å². The molecule has 0 aliphatic carbocycles. The lowest BCUT2D eigenvalue weighted by molar-refractivity contribution is -0.384. The second-order valence-electron chi connectivity index (χ2n) is 3.51. The molecule has 2 aromatic carbocycles. The third kappa shape index (κ3) is 2.89. The number of nitro groups is 1. The van der Waals surface area contributed by atoms with Crippen LogP contribution in [0.4, 0.5) is 5.69 Å². The van der Waals surface area contributed by atoms with Gasteiger partial charge in [0.05, 0.1) is 4.92 Å². The Morgan fingerprint density at radius 1 is 1.06 bits per heavy atom. The molecule has 0 saturated carbocycles. The molecule has 0 saturated heterocycles. The lowest BCUT2D eigenvalue weighted by atomic mass is 10.2. The second-order valence-corrected chi connectivity index (χ2v) is 3.88. The van der Waals surface area contributed by atoms with Crippen LogP contribution < -0.4 is 4.74 Å². The Hall–Kier alpha value is -2.27. The van der Waals surface area contributed by atoms with E-state index in [1.807, 2.05) is 30.3 Å². The van der Waals surface area contributed by atoms with Crippen LogP contribution in [0.5, 0.6) is 5.75 Å². The van der Waals surface area contributed by atoms with Gasteiger partial charge in [0.1, 0.15) is 5.75 Å². The lowest BCUT2D eigenvalue weighted by Crippen LogP contribution is -2.06. The molecule has 18 heavy (non-hydrogen) atoms. The number of ether oxygens (including phenoxy) is 1. The van der Waals surface area contributed by atoms with Gasteiger partial charge in [-0.15, -0.1) is 0 Å². The summed E-state index contributed by atoms with van der Waals surface area (Å²) in [4.78, 5) is 10.0. The summed E-state index contributed by atoms with van der Waals surface area (Å²) >= 11 is 5.13. The van der Waals surface area contributed by atoms with Gasteiger partial charge < -0.3 is 4.74 Å². The van der Waals surface area contributed by atoms with E-state index in [2.05, 4.69) is 0 Å². The van der Waals surface area contributed by atoms with Gasteiger partial charge in [-0.3, -0.25) is 10.1 Å². The molecule has 0 amide bonds. The highest BCUT2D eigenvalue weighted by Gasteiger charge is 2.07. The Balaban J connectivity index is 2.10. The number of thiocarbonyl (C=S) groups is 1. The molecule has 0 N–H and O–H groups in total. The molecule has 0 fully saturated rings. The van der Waals surface area contributed by atoms with E-state index in [1.165, 1.54) is 24.3 Å². The summed E-state index contributed by atoms with van der Waals surface area (Å²) < 4.78 is 5.44. The fraction of sp³-hybridized carbons (Fsp3) is 0. The Morgan fingerprint density at radius 2 is 1.67 bits per heavy atom. The summed E-state index contributed by atoms with van der Waals surface area (Å²) in [6.45, 7) is 0. The Morgan fingerprint density at radius 3 is 2.22 bits per heavy atom. The van der Waals surface area contributed by atoms with Crippen molar-refractivity contribution in [2.75, 3.05) is 0 Å². The highest BCUT2D eigenvalue weighted by Crippen LogP contribution is 2.18. The first-order valence-electron chi connectivity index (χ1n) is 5.18. The summed E-state index contributed by atoms with van der Waals surface area (Å²) in [5, 5.41) is 10.8. The normalized spacial score (nSPS) is 9.78. The quantitative estimate of drug-likeness (QED) is 0.482. The lowest BCUT2D eigenvalue weighted by Gasteiger charge is -2.06. The molecule has 2 aromatic rings. The fourth-order valence-corrected chi connectivity index (χ4v) is 1.61. The number of rotatable bonds is 3. The van der Waals surface area contributed by atoms with E-state index in [4.69, 9.17) is 17.0 Å². The summed E-state index contributed by atoms with van der Waals surface area (Å²) in [7, 11) is 0. The molecule has 0 atom stereocenters. The molecule has 0 aliphatic heterocycles. The topological polar surface area (TPSA) is 52.4 Å². The highest BCUT2D eigenvalue weighted by atomic mass is 32.1. The summed E-state index contributed by atoms with van der Waals surface area (Å²) in [5.41, 5.74) is 0.818. The van der Waals surface area contributed by atoms with Crippen LogP contribution in [-0.4, -0.2) is 9.97 Å². The van der Waals surface area contributed by atoms with Crippen molar-refractivity contribution in [1.29, 1.82) is 0 Å². The summed E-state index contributed by atoms with van der Waals surface area (Å²) in [6, 6.07) is 15.1. The minimum absolute atomic E-state index is 0.0213. The maximum absolute atomic E-state index is 10.5. The largest absolute Gasteiger partial charge is 0.445 e. The van der Waals surface area contributed by atoms with Gasteiger partial charge in [-0.25, -0.2) is 0 Å². The van der Waals surface area contributed by atoms with Crippen molar-refractivity contribution in [3.63, 3.8) is 0 Å². The average molecular weight is 259 g/mol. The van der Waals surface area contributed by atoms with Gasteiger partial charge in [-0.1, -0.05) is 30.3 Å². The number of non-ortho nitro benzene ring substituents is 1. The molecule has 90 valence electrons. The van der Waals surface area contributed by atoms with Crippen LogP contribution in [0.2, 0.25) is 0 Å². The van der Waals surface area contributed by atoms with Crippen LogP contribution in [-0.2, 0) is 0 Å². The molecule has 0 aromatic heterocycles. The van der Waals surface area contributed by atoms with E-state index < -0.39 is 4.92 Å². The Kier molecular flexibility index (Phi) is 3.64. The summed E-state index contributed by atoms with van der Waals surface area (Å²) in [5.74, 6) is 0.481. The SMILES string of the molecule is O=[N+]([O-])c1ccc(OC(=S)c2ccccc2)cc1. The first-order chi connectivity index (χ1) is 8.66. The van der Waals surface area contributed by atoms with Crippen molar-refractivity contribution in [3.05, 3.63) is 70.3 Å². The molecule has 2 rings (SSSR count). The van der Waals surface area contributed by atoms with Crippen molar-refractivity contribution in [2.24, 2.45) is 0 Å². The number of nitro benzene ring substituents is 1. The average Bonchev–Trinajstić information content (AvgIpc) is 2.40. The van der Waals surface area contributed by atoms with Crippen LogP contribution in [0.25, 0.3) is 0 Å². The molecule has 0 aliphatic rings. The number of hydrogen-bond donors (Lipinski definition) is 0. The smallest absolute Gasteiger partial charge is 0.269 e. The predicted octanol–water partition coefficient (Wildman–Crippen LogP) is 3.35. The van der Waals surface area contributed by atoms with E-state index >= 15 is 0 Å². The van der Waals surface area contributed by atoms with Crippen molar-refractivity contribution in [3.8, 4) is 5.75 Å². The molecular weight excluding hydrogens is 250 g/mol. The van der Waals surface area contributed by atoms with Crippen molar-refractivity contribution < 1.29 is 9.66 Å². The maximum Gasteiger partial charge on any atom is 0.269 e. The van der Waals surface area contributed by atoms with Gasteiger partial charge >= 0.3 is 0 Å². The minimum Gasteiger partial charge on any atom is -0.445 e. The third-order valence-electron chi connectivity index (χ3n) is 2.27. The van der Waals surface area contributed by atoms with Crippen LogP contribution in [0, 0.1) is 10.1 Å². The van der Waals surface area contributed by atoms with E-state index in [0.29, 0.717) is 10.8 Å². The molecule has 0 bridgehead atoms. The van der Waals surface area contributed by atoms with E-state index in [1.54, 1.807) is 0 Å². The molecule has 0 heterocycles. The van der Waals surface area contributed by atoms with E-state index in [-0.39, 0.29) is 5.69 Å². The standard InChI is InChI=1S/C13H9NO3S/c15-14(16)11-6-8-12(9-7-11)17-13(18)10-4-2-1-3-5-10/h1-9H. The molecular formula is C13H9NO3S. The number of nitrogens with zero attached hydrogens (tertiary/aromatic N) is 1. The second kappa shape index (κ2) is 5.37. The fourth-order valence-electron chi connectivity index (χ4n) is 1.38. The van der Waals surface area contributed by atoms with Gasteiger partial charge in [0.25, 0.3) is 5.69 Å². The molecule has 4 nitrogen and oxygen atoms in total. The zero-order chi connectivity index (χ0) is 13.0. The molecule has 5 heteroatoms. The van der Waals surface area contributed by atoms with Gasteiger partial charge in [0, 0.05) is 17.7 Å². The van der Waals surface area contributed by atoms with Gasteiger partial charge in [0.15, 0.2) is 5.05 Å². The first kappa shape index (κ1) is 12.2. The minimum atomic E-state index is -0.459. The molecule has 0 unspecified atom stereocenters. The van der Waals surface area contributed by atoms with Gasteiger partial charge in [-0.05, 0) is 24.4 Å². The number of benzene rings is 2. The van der Waals surface area contributed by atoms with E-state index in [0.717, 1.165) is 5.56 Å². The van der Waals surface area contributed by atoms with Gasteiger partial charge in [-0.2, -0.15) is 0 Å². The predicted molar refractivity (Wildman–Crippen MR) is 71.9 cm³/mol. The third-order valence-corrected chi connectivity index (χ3v) is 2.59. The maximum atomic E-state index is 10.5. The zero-order valence-electron chi connectivity index (χ0n) is 9.28. The van der Waals surface area contributed by atoms with Gasteiger partial charge in [0.2, 0.25) is 0 Å². The zero-order valence-corrected chi connectivity index (χ0v) is 10.1. The molecule has 0 spiro atoms. The molecule has 0 radical (unpaired) electrons. The van der Waals surface area contributed by atoms with Crippen molar-refractivity contribution in [1.82, 2.24) is 0 Å². The van der Waals surface area contributed by atoms with Crippen LogP contribution in [0.1, 0.15) is 5.56 Å². The monoisotopic (exact) mass is 259 g/mol. The Labute approximate surface area is 109 Å². The first-order valence-corrected chi connectivity index (χ1v) is 5.59. The number of hydrogen-bond acceptors (Lipinski definition) is 4. The van der Waals surface area contributed by atoms with Crippen LogP contribution in [0.15, 0.2) is 54.6 Å². The van der Waals surface area contributed by atoms with E-state index in [9.17, 15) is 10.1 Å². The Bertz CT molecular complexity index is 567. The highest BCUT2D eigenvalue weighted by molar-refractivity contribution is 7.80.